The lowest BCUT2D eigenvalue weighted by Crippen LogP contribution is -2.56. The van der Waals surface area contributed by atoms with Crippen molar-refractivity contribution in [2.45, 2.75) is 32.2 Å². The van der Waals surface area contributed by atoms with Crippen LogP contribution in [0, 0.1) is 0 Å². The number of nitrogens with one attached hydrogen (secondary N) is 1. The lowest BCUT2D eigenvalue weighted by Gasteiger charge is -2.37. The molecule has 0 aromatic heterocycles. The molecule has 2 atom stereocenters. The van der Waals surface area contributed by atoms with E-state index in [-0.39, 0.29) is 0 Å². The minimum Gasteiger partial charge on any atom is -0.375 e. The summed E-state index contributed by atoms with van der Waals surface area (Å²) in [5.41, 5.74) is 2.61. The Morgan fingerprint density at radius 2 is 1.61 bits per heavy atom. The predicted octanol–water partition coefficient (Wildman–Crippen LogP) is 3.07. The Hall–Kier alpha value is -1.68. The molecule has 23 heavy (non-hydrogen) atoms. The van der Waals surface area contributed by atoms with Crippen molar-refractivity contribution >= 4 is 0 Å². The minimum absolute atomic E-state index is 0.395. The van der Waals surface area contributed by atoms with E-state index in [9.17, 15) is 0 Å². The number of benzene rings is 2. The summed E-state index contributed by atoms with van der Waals surface area (Å²) in [7, 11) is 0. The molecule has 2 aromatic carbocycles. The average Bonchev–Trinajstić information content (AvgIpc) is 2.56. The van der Waals surface area contributed by atoms with Crippen LogP contribution in [0.2, 0.25) is 0 Å². The van der Waals surface area contributed by atoms with Crippen molar-refractivity contribution in [1.82, 2.24) is 10.2 Å². The molecular formula is C20H26N2O. The smallest absolute Gasteiger partial charge is 0.0717 e. The van der Waals surface area contributed by atoms with Gasteiger partial charge in [-0.1, -0.05) is 60.7 Å². The minimum atomic E-state index is 0.395. The van der Waals surface area contributed by atoms with Gasteiger partial charge in [-0.3, -0.25) is 4.90 Å². The van der Waals surface area contributed by atoms with Gasteiger partial charge in [0.25, 0.3) is 0 Å². The fraction of sp³-hybridized carbons (Fsp3) is 0.400. The molecule has 1 heterocycles. The van der Waals surface area contributed by atoms with E-state index in [2.05, 4.69) is 71.7 Å². The lowest BCUT2D eigenvalue weighted by molar-refractivity contribution is 0.0596. The van der Waals surface area contributed by atoms with E-state index in [1.54, 1.807) is 0 Å². The first-order valence-corrected chi connectivity index (χ1v) is 8.43. The van der Waals surface area contributed by atoms with Crippen LogP contribution in [0.15, 0.2) is 60.7 Å². The lowest BCUT2D eigenvalue weighted by atomic mass is 10.1. The summed E-state index contributed by atoms with van der Waals surface area (Å²) in [6.07, 6.45) is 0. The second-order valence-corrected chi connectivity index (χ2v) is 6.45. The fourth-order valence-corrected chi connectivity index (χ4v) is 3.25. The van der Waals surface area contributed by atoms with Crippen LogP contribution in [-0.4, -0.2) is 36.7 Å². The molecule has 0 radical (unpaired) electrons. The highest BCUT2D eigenvalue weighted by atomic mass is 16.5. The molecule has 1 aliphatic heterocycles. The Kier molecular flexibility index (Phi) is 5.81. The molecule has 1 fully saturated rings. The summed E-state index contributed by atoms with van der Waals surface area (Å²) < 4.78 is 5.92. The zero-order valence-electron chi connectivity index (χ0n) is 13.8. The fourth-order valence-electron chi connectivity index (χ4n) is 3.25. The summed E-state index contributed by atoms with van der Waals surface area (Å²) in [4.78, 5) is 2.52. The van der Waals surface area contributed by atoms with Crippen molar-refractivity contribution in [3.8, 4) is 0 Å². The Labute approximate surface area is 139 Å². The first kappa shape index (κ1) is 16.2. The summed E-state index contributed by atoms with van der Waals surface area (Å²) in [6, 6.07) is 22.0. The summed E-state index contributed by atoms with van der Waals surface area (Å²) >= 11 is 0. The normalized spacial score (nSPS) is 22.1. The van der Waals surface area contributed by atoms with Crippen LogP contribution >= 0.6 is 0 Å². The van der Waals surface area contributed by atoms with Crippen LogP contribution in [0.4, 0.5) is 0 Å². The van der Waals surface area contributed by atoms with Gasteiger partial charge in [0.1, 0.15) is 0 Å². The Morgan fingerprint density at radius 1 is 0.957 bits per heavy atom. The molecule has 0 saturated carbocycles. The van der Waals surface area contributed by atoms with Gasteiger partial charge >= 0.3 is 0 Å². The third kappa shape index (κ3) is 5.17. The summed E-state index contributed by atoms with van der Waals surface area (Å²) in [5, 5.41) is 3.65. The van der Waals surface area contributed by atoms with E-state index >= 15 is 0 Å². The van der Waals surface area contributed by atoms with E-state index in [0.29, 0.717) is 18.7 Å². The second-order valence-electron chi connectivity index (χ2n) is 6.45. The number of hydrogen-bond donors (Lipinski definition) is 1. The molecule has 1 aliphatic rings. The van der Waals surface area contributed by atoms with Gasteiger partial charge in [0, 0.05) is 31.7 Å². The van der Waals surface area contributed by atoms with Crippen molar-refractivity contribution in [1.29, 1.82) is 0 Å². The van der Waals surface area contributed by atoms with Gasteiger partial charge in [0.2, 0.25) is 0 Å². The van der Waals surface area contributed by atoms with Crippen LogP contribution in [-0.2, 0) is 17.9 Å². The molecule has 0 spiro atoms. The van der Waals surface area contributed by atoms with Crippen molar-refractivity contribution in [2.24, 2.45) is 0 Å². The van der Waals surface area contributed by atoms with Crippen LogP contribution in [0.25, 0.3) is 0 Å². The molecule has 3 nitrogen and oxygen atoms in total. The number of hydrogen-bond acceptors (Lipinski definition) is 3. The molecular weight excluding hydrogens is 284 g/mol. The zero-order chi connectivity index (χ0) is 15.9. The average molecular weight is 310 g/mol. The van der Waals surface area contributed by atoms with E-state index in [0.717, 1.165) is 26.2 Å². The van der Waals surface area contributed by atoms with Gasteiger partial charge in [-0.2, -0.15) is 0 Å². The summed E-state index contributed by atoms with van der Waals surface area (Å²) in [6.45, 7) is 6.83. The highest BCUT2D eigenvalue weighted by molar-refractivity contribution is 5.15. The molecule has 0 unspecified atom stereocenters. The Morgan fingerprint density at radius 3 is 2.30 bits per heavy atom. The third-order valence-corrected chi connectivity index (χ3v) is 4.21. The maximum Gasteiger partial charge on any atom is 0.0717 e. The molecule has 0 bridgehead atoms. The van der Waals surface area contributed by atoms with Gasteiger partial charge in [-0.25, -0.2) is 0 Å². The van der Waals surface area contributed by atoms with Crippen molar-refractivity contribution in [2.75, 3.05) is 19.7 Å². The largest absolute Gasteiger partial charge is 0.375 e. The van der Waals surface area contributed by atoms with Crippen LogP contribution in [0.5, 0.6) is 0 Å². The maximum absolute atomic E-state index is 5.92. The molecule has 1 N–H and O–H groups in total. The van der Waals surface area contributed by atoms with E-state index in [4.69, 9.17) is 4.74 Å². The number of piperazine rings is 1. The van der Waals surface area contributed by atoms with Crippen molar-refractivity contribution < 1.29 is 4.74 Å². The van der Waals surface area contributed by atoms with Crippen LogP contribution in [0.3, 0.4) is 0 Å². The van der Waals surface area contributed by atoms with Gasteiger partial charge in [-0.05, 0) is 18.1 Å². The molecule has 3 heteroatoms. The van der Waals surface area contributed by atoms with Crippen LogP contribution < -0.4 is 5.32 Å². The highest BCUT2D eigenvalue weighted by Gasteiger charge is 2.23. The highest BCUT2D eigenvalue weighted by Crippen LogP contribution is 2.11. The molecule has 3 rings (SSSR count). The third-order valence-electron chi connectivity index (χ3n) is 4.21. The van der Waals surface area contributed by atoms with Gasteiger partial charge in [-0.15, -0.1) is 0 Å². The van der Waals surface area contributed by atoms with Crippen LogP contribution in [0.1, 0.15) is 18.1 Å². The zero-order valence-corrected chi connectivity index (χ0v) is 13.8. The SMILES string of the molecule is C[C@H]1CN(Cc2ccccc2)C[C@H](COCc2ccccc2)N1. The molecule has 1 saturated heterocycles. The topological polar surface area (TPSA) is 24.5 Å². The number of rotatable bonds is 6. The molecule has 122 valence electrons. The standard InChI is InChI=1S/C20H26N2O/c1-17-12-22(13-18-8-4-2-5-9-18)14-20(21-17)16-23-15-19-10-6-3-7-11-19/h2-11,17,20-21H,12-16H2,1H3/t17-,20+/m0/s1. The van der Waals surface area contributed by atoms with Crippen molar-refractivity contribution in [3.05, 3.63) is 71.8 Å². The van der Waals surface area contributed by atoms with Gasteiger partial charge in [0.15, 0.2) is 0 Å². The number of nitrogens with zero attached hydrogens (tertiary/aromatic N) is 1. The molecule has 0 amide bonds. The van der Waals surface area contributed by atoms with Gasteiger partial charge in [0.05, 0.1) is 13.2 Å². The van der Waals surface area contributed by atoms with Gasteiger partial charge < -0.3 is 10.1 Å². The first-order valence-electron chi connectivity index (χ1n) is 8.43. The Balaban J connectivity index is 1.47. The maximum atomic E-state index is 5.92. The molecule has 2 aromatic rings. The second kappa shape index (κ2) is 8.25. The number of ether oxygens (including phenoxy) is 1. The van der Waals surface area contributed by atoms with E-state index in [1.165, 1.54) is 11.1 Å². The van der Waals surface area contributed by atoms with E-state index < -0.39 is 0 Å². The molecule has 0 aliphatic carbocycles. The summed E-state index contributed by atoms with van der Waals surface area (Å²) in [5.74, 6) is 0. The Bertz CT molecular complexity index is 573. The van der Waals surface area contributed by atoms with Crippen molar-refractivity contribution in [3.63, 3.8) is 0 Å². The quantitative estimate of drug-likeness (QED) is 0.887. The first-order chi connectivity index (χ1) is 11.3. The van der Waals surface area contributed by atoms with E-state index in [1.807, 2.05) is 6.07 Å². The monoisotopic (exact) mass is 310 g/mol. The predicted molar refractivity (Wildman–Crippen MR) is 94.2 cm³/mol.